The van der Waals surface area contributed by atoms with E-state index in [4.69, 9.17) is 28.4 Å². The Morgan fingerprint density at radius 3 is 2.17 bits per heavy atom. The van der Waals surface area contributed by atoms with Gasteiger partial charge in [0.15, 0.2) is 23.0 Å². The second kappa shape index (κ2) is 19.8. The first-order valence-electron chi connectivity index (χ1n) is 17.8. The maximum Gasteiger partial charge on any atom is 0.216 e. The summed E-state index contributed by atoms with van der Waals surface area (Å²) < 4.78 is 36.5. The van der Waals surface area contributed by atoms with Gasteiger partial charge in [-0.15, -0.1) is 0 Å². The van der Waals surface area contributed by atoms with Gasteiger partial charge in [0, 0.05) is 16.9 Å². The minimum atomic E-state index is -1.02. The monoisotopic (exact) mass is 668 g/mol. The Morgan fingerprint density at radius 1 is 0.938 bits per heavy atom. The third-order valence-corrected chi connectivity index (χ3v) is 9.44. The molecule has 0 saturated heterocycles. The number of hydrogen-bond donors (Lipinski definition) is 0. The Morgan fingerprint density at radius 2 is 1.58 bits per heavy atom. The summed E-state index contributed by atoms with van der Waals surface area (Å²) in [6.07, 6.45) is 8.28. The summed E-state index contributed by atoms with van der Waals surface area (Å²) >= 11 is 0. The van der Waals surface area contributed by atoms with E-state index in [9.17, 15) is 15.4 Å². The fourth-order valence-corrected chi connectivity index (χ4v) is 6.78. The number of hydrogen-bond acceptors (Lipinski definition) is 9. The number of benzene rings is 2. The van der Waals surface area contributed by atoms with Gasteiger partial charge in [-0.2, -0.15) is 5.26 Å². The molecule has 48 heavy (non-hydrogen) atoms. The predicted molar refractivity (Wildman–Crippen MR) is 187 cm³/mol. The van der Waals surface area contributed by atoms with Crippen LogP contribution in [0.25, 0.3) is 0 Å². The number of nitriles is 1. The van der Waals surface area contributed by atoms with Crippen molar-refractivity contribution in [1.82, 2.24) is 0 Å². The lowest BCUT2D eigenvalue weighted by Gasteiger charge is -2.37. The van der Waals surface area contributed by atoms with E-state index in [-0.39, 0.29) is 23.9 Å². The molecule has 3 rings (SSSR count). The molecule has 2 aromatic rings. The van der Waals surface area contributed by atoms with E-state index in [0.717, 1.165) is 51.4 Å². The molecule has 0 spiro atoms. The topological polar surface area (TPSA) is 122 Å². The summed E-state index contributed by atoms with van der Waals surface area (Å²) in [7, 11) is 3.15. The van der Waals surface area contributed by atoms with Crippen LogP contribution in [0.3, 0.4) is 0 Å². The minimum Gasteiger partial charge on any atom is -0.490 e. The summed E-state index contributed by atoms with van der Waals surface area (Å²) in [5, 5.41) is 23.5. The molecule has 3 atom stereocenters. The molecule has 1 aliphatic heterocycles. The minimum absolute atomic E-state index is 0.0489. The zero-order chi connectivity index (χ0) is 34.9. The van der Waals surface area contributed by atoms with E-state index < -0.39 is 17.6 Å². The number of nitrogens with zero attached hydrogens (tertiary/aromatic N) is 2. The Kier molecular flexibility index (Phi) is 15.9. The largest absolute Gasteiger partial charge is 0.490 e. The maximum absolute atomic E-state index is 12.3. The average molecular weight is 669 g/mol. The van der Waals surface area contributed by atoms with Crippen molar-refractivity contribution in [3.63, 3.8) is 0 Å². The summed E-state index contributed by atoms with van der Waals surface area (Å²) in [5.41, 5.74) is -0.327. The van der Waals surface area contributed by atoms with Crippen LogP contribution in [0.5, 0.6) is 34.5 Å². The first-order chi connectivity index (χ1) is 23.3. The van der Waals surface area contributed by atoms with Crippen LogP contribution in [0.2, 0.25) is 0 Å². The van der Waals surface area contributed by atoms with Crippen molar-refractivity contribution >= 4 is 0 Å². The lowest BCUT2D eigenvalue weighted by Crippen LogP contribution is -2.37. The second-order valence-electron chi connectivity index (χ2n) is 12.6. The van der Waals surface area contributed by atoms with Crippen molar-refractivity contribution in [2.75, 3.05) is 34.0 Å². The van der Waals surface area contributed by atoms with Gasteiger partial charge in [-0.25, -0.2) is 0 Å². The Hall–Kier alpha value is -3.87. The summed E-state index contributed by atoms with van der Waals surface area (Å²) in [4.78, 5) is 12.1. The number of ether oxygens (including phenoxy) is 6. The molecular formula is C38H56N2O8. The molecule has 0 saturated carbocycles. The van der Waals surface area contributed by atoms with Gasteiger partial charge in [-0.1, -0.05) is 78.4 Å². The summed E-state index contributed by atoms with van der Waals surface area (Å²) in [5.74, 6) is 3.02. The van der Waals surface area contributed by atoms with Crippen LogP contribution in [0.4, 0.5) is 0 Å². The lowest BCUT2D eigenvalue weighted by atomic mass is 9.65. The zero-order valence-electron chi connectivity index (χ0n) is 29.9. The van der Waals surface area contributed by atoms with Gasteiger partial charge in [0.25, 0.3) is 0 Å². The Bertz CT molecular complexity index is 1320. The van der Waals surface area contributed by atoms with E-state index in [1.54, 1.807) is 14.2 Å². The van der Waals surface area contributed by atoms with Crippen LogP contribution in [0.15, 0.2) is 30.3 Å². The normalized spacial score (nSPS) is 15.7. The SMILES string of the molecule is CCCCCOc1cc(C(C#N)(CCCC(CC2COc3ccccc3O2)[N+](=O)[O-])C(CC)CC)c(OCCCCC)c(OC)c1OC. The van der Waals surface area contributed by atoms with Crippen LogP contribution in [-0.2, 0) is 5.41 Å². The highest BCUT2D eigenvalue weighted by atomic mass is 16.6. The molecule has 10 heteroatoms. The zero-order valence-corrected chi connectivity index (χ0v) is 29.9. The molecule has 10 nitrogen and oxygen atoms in total. The summed E-state index contributed by atoms with van der Waals surface area (Å²) in [6, 6.07) is 11.1. The van der Waals surface area contributed by atoms with Crippen LogP contribution in [0, 0.1) is 27.4 Å². The molecule has 0 radical (unpaired) electrons. The quantitative estimate of drug-likeness (QED) is 0.0648. The molecular weight excluding hydrogens is 612 g/mol. The molecule has 3 unspecified atom stereocenters. The lowest BCUT2D eigenvalue weighted by molar-refractivity contribution is -0.526. The van der Waals surface area contributed by atoms with E-state index in [2.05, 4.69) is 33.8 Å². The number of unbranched alkanes of at least 4 members (excludes halogenated alkanes) is 4. The van der Waals surface area contributed by atoms with Crippen molar-refractivity contribution in [1.29, 1.82) is 5.26 Å². The first-order valence-corrected chi connectivity index (χ1v) is 17.8. The molecule has 0 N–H and O–H groups in total. The molecule has 0 bridgehead atoms. The Balaban J connectivity index is 2.00. The standard InChI is InChI=1S/C38H56N2O8/c1-7-11-15-22-45-34-25-31(35(46-23-16-12-8-2)37(44-6)36(34)43-5)38(27-39,28(9-3)10-4)21-17-18-29(40(41)42)24-30-26-47-32-19-13-14-20-33(32)48-30/h13-14,19-20,25,28-30H,7-12,15-18,21-24,26H2,1-6H3. The number of fused-ring (bicyclic) bond motifs is 1. The molecule has 2 aromatic carbocycles. The number of rotatable bonds is 23. The van der Waals surface area contributed by atoms with Crippen molar-refractivity contribution in [2.24, 2.45) is 5.92 Å². The molecule has 0 aliphatic carbocycles. The number of para-hydroxylation sites is 2. The molecule has 0 aromatic heterocycles. The van der Waals surface area contributed by atoms with Crippen molar-refractivity contribution in [3.8, 4) is 40.6 Å². The van der Waals surface area contributed by atoms with Gasteiger partial charge in [0.05, 0.1) is 45.3 Å². The van der Waals surface area contributed by atoms with Crippen LogP contribution in [0.1, 0.15) is 110 Å². The van der Waals surface area contributed by atoms with Gasteiger partial charge >= 0.3 is 0 Å². The number of methoxy groups -OCH3 is 2. The molecule has 1 aliphatic rings. The van der Waals surface area contributed by atoms with Crippen LogP contribution < -0.4 is 28.4 Å². The third-order valence-electron chi connectivity index (χ3n) is 9.44. The van der Waals surface area contributed by atoms with E-state index >= 15 is 0 Å². The predicted octanol–water partition coefficient (Wildman–Crippen LogP) is 9.09. The van der Waals surface area contributed by atoms with Crippen molar-refractivity contribution in [3.05, 3.63) is 46.0 Å². The Labute approximate surface area is 287 Å². The second-order valence-corrected chi connectivity index (χ2v) is 12.6. The highest BCUT2D eigenvalue weighted by molar-refractivity contribution is 5.66. The van der Waals surface area contributed by atoms with E-state index in [1.165, 1.54) is 0 Å². The van der Waals surface area contributed by atoms with Gasteiger partial charge in [-0.3, -0.25) is 10.1 Å². The van der Waals surface area contributed by atoms with Gasteiger partial charge in [0.1, 0.15) is 12.7 Å². The first kappa shape index (κ1) is 38.6. The fraction of sp³-hybridized carbons (Fsp3) is 0.658. The van der Waals surface area contributed by atoms with Gasteiger partial charge < -0.3 is 28.4 Å². The molecule has 1 heterocycles. The van der Waals surface area contributed by atoms with Crippen molar-refractivity contribution in [2.45, 2.75) is 122 Å². The highest BCUT2D eigenvalue weighted by Gasteiger charge is 2.44. The molecule has 0 amide bonds. The van der Waals surface area contributed by atoms with Gasteiger partial charge in [0.2, 0.25) is 17.5 Å². The summed E-state index contributed by atoms with van der Waals surface area (Å²) in [6.45, 7) is 9.65. The van der Waals surface area contributed by atoms with Gasteiger partial charge in [-0.05, 0) is 49.8 Å². The maximum atomic E-state index is 12.3. The molecule has 0 fully saturated rings. The third kappa shape index (κ3) is 9.61. The average Bonchev–Trinajstić information content (AvgIpc) is 3.10. The van der Waals surface area contributed by atoms with Crippen LogP contribution in [-0.4, -0.2) is 51.1 Å². The van der Waals surface area contributed by atoms with E-state index in [0.29, 0.717) is 72.5 Å². The van der Waals surface area contributed by atoms with Crippen LogP contribution >= 0.6 is 0 Å². The molecule has 266 valence electrons. The van der Waals surface area contributed by atoms with Crippen molar-refractivity contribution < 1.29 is 33.3 Å². The fourth-order valence-electron chi connectivity index (χ4n) is 6.78. The number of nitro groups is 1. The van der Waals surface area contributed by atoms with E-state index in [1.807, 2.05) is 30.3 Å². The highest BCUT2D eigenvalue weighted by Crippen LogP contribution is 2.54. The smallest absolute Gasteiger partial charge is 0.216 e.